The van der Waals surface area contributed by atoms with Gasteiger partial charge in [-0.2, -0.15) is 0 Å². The van der Waals surface area contributed by atoms with Crippen LogP contribution in [0, 0.1) is 0 Å². The standard InChI is InChI=1S/C35H26N4/c1-3-11-25-23(9-1)15-16-27-29(25)21-31(39-19-5-6-20-39)34(35-36-17-8-18-37-35)33(27)28-13-7-14-30-32(28)26-12-4-2-10-24(26)22-38-30/h1-4,7-18,21-22H,5-6,19-20H2. The van der Waals surface area contributed by atoms with Gasteiger partial charge in [-0.1, -0.05) is 72.8 Å². The lowest BCUT2D eigenvalue weighted by atomic mass is 9.86. The third-order valence-electron chi connectivity index (χ3n) is 8.15. The lowest BCUT2D eigenvalue weighted by Gasteiger charge is -2.26. The Labute approximate surface area is 226 Å². The number of fused-ring (bicyclic) bond motifs is 6. The minimum atomic E-state index is 0.759. The van der Waals surface area contributed by atoms with Crippen LogP contribution in [0.15, 0.2) is 110 Å². The Kier molecular flexibility index (Phi) is 5.05. The van der Waals surface area contributed by atoms with Gasteiger partial charge in [0.2, 0.25) is 0 Å². The predicted molar refractivity (Wildman–Crippen MR) is 162 cm³/mol. The SMILES string of the molecule is c1cnc(-c2c(N3CCCC3)cc3c(ccc4ccccc43)c2-c2cccc3ncc4ccccc4c23)nc1. The molecule has 5 aromatic carbocycles. The van der Waals surface area contributed by atoms with E-state index in [0.717, 1.165) is 35.4 Å². The van der Waals surface area contributed by atoms with E-state index in [1.54, 1.807) is 0 Å². The van der Waals surface area contributed by atoms with Crippen LogP contribution in [-0.4, -0.2) is 28.0 Å². The molecule has 0 N–H and O–H groups in total. The molecule has 4 nitrogen and oxygen atoms in total. The van der Waals surface area contributed by atoms with Crippen molar-refractivity contribution >= 4 is 48.9 Å². The van der Waals surface area contributed by atoms with E-state index in [1.807, 2.05) is 24.7 Å². The summed E-state index contributed by atoms with van der Waals surface area (Å²) in [6.07, 6.45) is 8.08. The highest BCUT2D eigenvalue weighted by molar-refractivity contribution is 6.22. The van der Waals surface area contributed by atoms with E-state index in [0.29, 0.717) is 0 Å². The second-order valence-corrected chi connectivity index (χ2v) is 10.3. The average Bonchev–Trinajstić information content (AvgIpc) is 3.55. The van der Waals surface area contributed by atoms with Crippen molar-refractivity contribution in [3.63, 3.8) is 0 Å². The minimum Gasteiger partial charge on any atom is -0.371 e. The number of aromatic nitrogens is 3. The third-order valence-corrected chi connectivity index (χ3v) is 8.15. The van der Waals surface area contributed by atoms with Gasteiger partial charge in [0, 0.05) is 53.7 Å². The summed E-state index contributed by atoms with van der Waals surface area (Å²) < 4.78 is 0. The monoisotopic (exact) mass is 502 g/mol. The fourth-order valence-corrected chi connectivity index (χ4v) is 6.40. The molecule has 4 heteroatoms. The Morgan fingerprint density at radius 2 is 1.33 bits per heavy atom. The fourth-order valence-electron chi connectivity index (χ4n) is 6.40. The number of hydrogen-bond donors (Lipinski definition) is 0. The average molecular weight is 503 g/mol. The molecule has 0 amide bonds. The van der Waals surface area contributed by atoms with E-state index in [1.165, 1.54) is 62.0 Å². The Hall–Kier alpha value is -4.83. The highest BCUT2D eigenvalue weighted by Gasteiger charge is 2.26. The maximum atomic E-state index is 4.89. The third kappa shape index (κ3) is 3.48. The summed E-state index contributed by atoms with van der Waals surface area (Å²) in [5, 5.41) is 8.49. The summed E-state index contributed by atoms with van der Waals surface area (Å²) in [6.45, 7) is 2.07. The number of anilines is 1. The molecule has 2 aromatic heterocycles. The van der Waals surface area contributed by atoms with Crippen molar-refractivity contribution in [2.45, 2.75) is 12.8 Å². The molecule has 8 rings (SSSR count). The Bertz CT molecular complexity index is 2030. The molecule has 3 heterocycles. The molecular weight excluding hydrogens is 476 g/mol. The van der Waals surface area contributed by atoms with E-state index in [9.17, 15) is 0 Å². The summed E-state index contributed by atoms with van der Waals surface area (Å²) >= 11 is 0. The van der Waals surface area contributed by atoms with Gasteiger partial charge in [-0.05, 0) is 63.5 Å². The summed E-state index contributed by atoms with van der Waals surface area (Å²) in [5.41, 5.74) is 5.64. The first kappa shape index (κ1) is 22.2. The van der Waals surface area contributed by atoms with Crippen molar-refractivity contribution in [2.24, 2.45) is 0 Å². The van der Waals surface area contributed by atoms with Crippen molar-refractivity contribution in [1.82, 2.24) is 15.0 Å². The highest BCUT2D eigenvalue weighted by Crippen LogP contribution is 2.48. The molecule has 0 unspecified atom stereocenters. The van der Waals surface area contributed by atoms with E-state index in [-0.39, 0.29) is 0 Å². The molecule has 0 bridgehead atoms. The molecule has 0 radical (unpaired) electrons. The van der Waals surface area contributed by atoms with E-state index in [2.05, 4.69) is 89.8 Å². The quantitative estimate of drug-likeness (QED) is 0.227. The van der Waals surface area contributed by atoms with Gasteiger partial charge in [-0.15, -0.1) is 0 Å². The summed E-state index contributed by atoms with van der Waals surface area (Å²) in [6, 6.07) is 32.6. The molecule has 7 aromatic rings. The summed E-state index contributed by atoms with van der Waals surface area (Å²) in [4.78, 5) is 17.1. The van der Waals surface area contributed by atoms with Gasteiger partial charge in [0.25, 0.3) is 0 Å². The van der Waals surface area contributed by atoms with Crippen LogP contribution in [0.3, 0.4) is 0 Å². The Morgan fingerprint density at radius 1 is 0.564 bits per heavy atom. The molecule has 0 aliphatic carbocycles. The van der Waals surface area contributed by atoms with Gasteiger partial charge < -0.3 is 4.90 Å². The lowest BCUT2D eigenvalue weighted by molar-refractivity contribution is 0.949. The zero-order valence-corrected chi connectivity index (χ0v) is 21.5. The van der Waals surface area contributed by atoms with E-state index in [4.69, 9.17) is 15.0 Å². The van der Waals surface area contributed by atoms with Gasteiger partial charge in [-0.3, -0.25) is 4.98 Å². The van der Waals surface area contributed by atoms with Crippen LogP contribution in [0.2, 0.25) is 0 Å². The van der Waals surface area contributed by atoms with Crippen molar-refractivity contribution < 1.29 is 0 Å². The Balaban J connectivity index is 1.62. The zero-order valence-electron chi connectivity index (χ0n) is 21.5. The molecule has 1 saturated heterocycles. The number of nitrogens with zero attached hydrogens (tertiary/aromatic N) is 4. The largest absolute Gasteiger partial charge is 0.371 e. The van der Waals surface area contributed by atoms with Gasteiger partial charge in [-0.25, -0.2) is 9.97 Å². The van der Waals surface area contributed by atoms with Crippen molar-refractivity contribution in [1.29, 1.82) is 0 Å². The smallest absolute Gasteiger partial charge is 0.161 e. The maximum Gasteiger partial charge on any atom is 0.161 e. The first-order valence-corrected chi connectivity index (χ1v) is 13.6. The summed E-state index contributed by atoms with van der Waals surface area (Å²) in [7, 11) is 0. The molecule has 1 fully saturated rings. The first-order valence-electron chi connectivity index (χ1n) is 13.6. The van der Waals surface area contributed by atoms with Crippen LogP contribution in [0.1, 0.15) is 12.8 Å². The predicted octanol–water partition coefficient (Wildman–Crippen LogP) is 8.42. The molecule has 0 saturated carbocycles. The molecule has 39 heavy (non-hydrogen) atoms. The highest BCUT2D eigenvalue weighted by atomic mass is 15.1. The zero-order chi connectivity index (χ0) is 25.8. The molecule has 1 aliphatic rings. The molecule has 1 aliphatic heterocycles. The number of rotatable bonds is 3. The number of hydrogen-bond acceptors (Lipinski definition) is 4. The maximum absolute atomic E-state index is 4.89. The van der Waals surface area contributed by atoms with Crippen LogP contribution < -0.4 is 4.90 Å². The second-order valence-electron chi connectivity index (χ2n) is 10.3. The van der Waals surface area contributed by atoms with Crippen molar-refractivity contribution in [3.8, 4) is 22.5 Å². The molecular formula is C35H26N4. The normalized spacial score (nSPS) is 13.7. The molecule has 0 spiro atoms. The van der Waals surface area contributed by atoms with Crippen LogP contribution in [0.25, 0.3) is 65.7 Å². The van der Waals surface area contributed by atoms with Crippen LogP contribution in [0.4, 0.5) is 5.69 Å². The van der Waals surface area contributed by atoms with E-state index >= 15 is 0 Å². The first-order chi connectivity index (χ1) is 19.4. The second kappa shape index (κ2) is 8.88. The lowest BCUT2D eigenvalue weighted by Crippen LogP contribution is -2.19. The van der Waals surface area contributed by atoms with E-state index < -0.39 is 0 Å². The van der Waals surface area contributed by atoms with Crippen LogP contribution in [-0.2, 0) is 0 Å². The fraction of sp³-hybridized carbons (Fsp3) is 0.114. The number of benzene rings is 5. The van der Waals surface area contributed by atoms with Gasteiger partial charge in [0.15, 0.2) is 5.82 Å². The molecule has 186 valence electrons. The number of pyridine rings is 1. The van der Waals surface area contributed by atoms with Crippen LogP contribution in [0.5, 0.6) is 0 Å². The Morgan fingerprint density at radius 3 is 2.18 bits per heavy atom. The van der Waals surface area contributed by atoms with Gasteiger partial charge in [0.05, 0.1) is 11.1 Å². The summed E-state index contributed by atoms with van der Waals surface area (Å²) in [5.74, 6) is 0.759. The van der Waals surface area contributed by atoms with Gasteiger partial charge in [0.1, 0.15) is 0 Å². The van der Waals surface area contributed by atoms with Gasteiger partial charge >= 0.3 is 0 Å². The minimum absolute atomic E-state index is 0.759. The van der Waals surface area contributed by atoms with Crippen molar-refractivity contribution in [3.05, 3.63) is 110 Å². The molecule has 0 atom stereocenters. The van der Waals surface area contributed by atoms with Crippen LogP contribution >= 0.6 is 0 Å². The topological polar surface area (TPSA) is 41.9 Å². The van der Waals surface area contributed by atoms with Crippen molar-refractivity contribution in [2.75, 3.05) is 18.0 Å².